The minimum absolute atomic E-state index is 0.311. The highest BCUT2D eigenvalue weighted by Crippen LogP contribution is 2.31. The molecule has 1 aliphatic rings. The Hall–Kier alpha value is -1.31. The Morgan fingerprint density at radius 3 is 2.60 bits per heavy atom. The summed E-state index contributed by atoms with van der Waals surface area (Å²) < 4.78 is 1.89. The summed E-state index contributed by atoms with van der Waals surface area (Å²) >= 11 is 0. The van der Waals surface area contributed by atoms with Crippen molar-refractivity contribution < 1.29 is 0 Å². The lowest BCUT2D eigenvalue weighted by Crippen LogP contribution is -2.52. The van der Waals surface area contributed by atoms with Gasteiger partial charge in [0.15, 0.2) is 0 Å². The number of aryl methyl sites for hydroxylation is 1. The number of aromatic nitrogens is 1. The maximum Gasteiger partial charge on any atom is 0.120 e. The van der Waals surface area contributed by atoms with Crippen molar-refractivity contribution >= 4 is 0 Å². The molecule has 0 aliphatic heterocycles. The minimum Gasteiger partial charge on any atom is -0.342 e. The molecule has 1 fully saturated rings. The number of nitrogens with one attached hydrogen (secondary N) is 1. The lowest BCUT2D eigenvalue weighted by Gasteiger charge is -2.43. The predicted molar refractivity (Wildman–Crippen MR) is 81.3 cm³/mol. The molecule has 2 rings (SSSR count). The van der Waals surface area contributed by atoms with E-state index in [-0.39, 0.29) is 0 Å². The quantitative estimate of drug-likeness (QED) is 0.895. The summed E-state index contributed by atoms with van der Waals surface area (Å²) in [4.78, 5) is 2.39. The van der Waals surface area contributed by atoms with E-state index in [1.165, 1.54) is 37.7 Å². The monoisotopic (exact) mass is 274 g/mol. The third-order valence-electron chi connectivity index (χ3n) is 4.69. The van der Waals surface area contributed by atoms with Gasteiger partial charge in [-0.3, -0.25) is 0 Å². The molecule has 0 bridgehead atoms. The molecule has 1 aromatic heterocycles. The molecular formula is C16H26N4. The van der Waals surface area contributed by atoms with E-state index in [0.717, 1.165) is 18.8 Å². The molecule has 0 aromatic carbocycles. The van der Waals surface area contributed by atoms with Crippen LogP contribution in [0.1, 0.15) is 43.4 Å². The summed E-state index contributed by atoms with van der Waals surface area (Å²) in [6.07, 6.45) is 8.65. The molecule has 0 saturated heterocycles. The zero-order valence-corrected chi connectivity index (χ0v) is 12.9. The van der Waals surface area contributed by atoms with Crippen LogP contribution in [0.5, 0.6) is 0 Å². The number of rotatable bonds is 5. The zero-order chi connectivity index (χ0) is 14.6. The van der Waals surface area contributed by atoms with Crippen molar-refractivity contribution in [3.63, 3.8) is 0 Å². The molecule has 110 valence electrons. The van der Waals surface area contributed by atoms with Crippen LogP contribution in [0.3, 0.4) is 0 Å². The van der Waals surface area contributed by atoms with Gasteiger partial charge in [0.2, 0.25) is 0 Å². The molecule has 1 aromatic rings. The SMILES string of the molecule is CN(C)C1(CNCc2cc(C#N)n(C)c2)CCCCC1. The van der Waals surface area contributed by atoms with E-state index < -0.39 is 0 Å². The van der Waals surface area contributed by atoms with Gasteiger partial charge in [-0.05, 0) is 38.6 Å². The predicted octanol–water partition coefficient (Wildman–Crippen LogP) is 2.25. The number of nitrogens with zero attached hydrogens (tertiary/aromatic N) is 3. The van der Waals surface area contributed by atoms with Gasteiger partial charge in [-0.15, -0.1) is 0 Å². The first kappa shape index (κ1) is 15.1. The Morgan fingerprint density at radius 2 is 2.05 bits per heavy atom. The molecular weight excluding hydrogens is 248 g/mol. The van der Waals surface area contributed by atoms with Gasteiger partial charge in [-0.1, -0.05) is 19.3 Å². The molecule has 0 amide bonds. The molecule has 0 radical (unpaired) electrons. The summed E-state index contributed by atoms with van der Waals surface area (Å²) in [7, 11) is 6.32. The fourth-order valence-corrected chi connectivity index (χ4v) is 3.27. The lowest BCUT2D eigenvalue weighted by molar-refractivity contribution is 0.0984. The van der Waals surface area contributed by atoms with Crippen molar-refractivity contribution in [2.45, 2.75) is 44.2 Å². The van der Waals surface area contributed by atoms with Gasteiger partial charge in [0.05, 0.1) is 0 Å². The van der Waals surface area contributed by atoms with Crippen LogP contribution in [0, 0.1) is 11.3 Å². The van der Waals surface area contributed by atoms with Gasteiger partial charge in [0.25, 0.3) is 0 Å². The van der Waals surface area contributed by atoms with Crippen LogP contribution in [0.2, 0.25) is 0 Å². The summed E-state index contributed by atoms with van der Waals surface area (Å²) in [6, 6.07) is 4.18. The van der Waals surface area contributed by atoms with Gasteiger partial charge in [-0.2, -0.15) is 5.26 Å². The summed E-state index contributed by atoms with van der Waals surface area (Å²) in [6.45, 7) is 1.86. The molecule has 4 nitrogen and oxygen atoms in total. The van der Waals surface area contributed by atoms with Crippen LogP contribution in [0.4, 0.5) is 0 Å². The van der Waals surface area contributed by atoms with Crippen LogP contribution in [0.15, 0.2) is 12.3 Å². The van der Waals surface area contributed by atoms with Crippen LogP contribution in [-0.2, 0) is 13.6 Å². The lowest BCUT2D eigenvalue weighted by atomic mass is 9.80. The van der Waals surface area contributed by atoms with E-state index in [1.54, 1.807) is 0 Å². The normalized spacial score (nSPS) is 18.1. The standard InChI is InChI=1S/C16H26N4/c1-19(2)16(7-5-4-6-8-16)13-18-11-14-9-15(10-17)20(3)12-14/h9,12,18H,4-8,11,13H2,1-3H3. The average molecular weight is 274 g/mol. The summed E-state index contributed by atoms with van der Waals surface area (Å²) in [5.74, 6) is 0. The summed E-state index contributed by atoms with van der Waals surface area (Å²) in [5, 5.41) is 12.6. The number of likely N-dealkylation sites (N-methyl/N-ethyl adjacent to an activating group) is 1. The molecule has 4 heteroatoms. The van der Waals surface area contributed by atoms with E-state index >= 15 is 0 Å². The van der Waals surface area contributed by atoms with Crippen molar-refractivity contribution in [1.29, 1.82) is 5.26 Å². The van der Waals surface area contributed by atoms with Gasteiger partial charge in [0, 0.05) is 31.9 Å². The van der Waals surface area contributed by atoms with Crippen molar-refractivity contribution in [2.24, 2.45) is 7.05 Å². The molecule has 1 saturated carbocycles. The molecule has 0 atom stereocenters. The van der Waals surface area contributed by atoms with Crippen LogP contribution < -0.4 is 5.32 Å². The number of nitriles is 1. The minimum atomic E-state index is 0.311. The topological polar surface area (TPSA) is 44.0 Å². The maximum atomic E-state index is 8.98. The highest BCUT2D eigenvalue weighted by molar-refractivity contribution is 5.28. The van der Waals surface area contributed by atoms with Gasteiger partial charge in [0.1, 0.15) is 11.8 Å². The second-order valence-corrected chi connectivity index (χ2v) is 6.24. The third-order valence-corrected chi connectivity index (χ3v) is 4.69. The fraction of sp³-hybridized carbons (Fsp3) is 0.688. The molecule has 1 aliphatic carbocycles. The maximum absolute atomic E-state index is 8.98. The molecule has 20 heavy (non-hydrogen) atoms. The van der Waals surface area contributed by atoms with Crippen LogP contribution in [-0.4, -0.2) is 35.6 Å². The Kier molecular flexibility index (Phi) is 4.85. The average Bonchev–Trinajstić information content (AvgIpc) is 2.80. The van der Waals surface area contributed by atoms with Crippen molar-refractivity contribution in [3.8, 4) is 6.07 Å². The van der Waals surface area contributed by atoms with Crippen molar-refractivity contribution in [3.05, 3.63) is 23.5 Å². The van der Waals surface area contributed by atoms with Gasteiger partial charge in [-0.25, -0.2) is 0 Å². The van der Waals surface area contributed by atoms with E-state index in [1.807, 2.05) is 23.9 Å². The Balaban J connectivity index is 1.91. The highest BCUT2D eigenvalue weighted by atomic mass is 15.2. The Morgan fingerprint density at radius 1 is 1.35 bits per heavy atom. The first-order valence-electron chi connectivity index (χ1n) is 7.51. The van der Waals surface area contributed by atoms with Gasteiger partial charge >= 0.3 is 0 Å². The summed E-state index contributed by atoms with van der Waals surface area (Å²) in [5.41, 5.74) is 2.22. The molecule has 1 heterocycles. The van der Waals surface area contributed by atoms with Crippen LogP contribution in [0.25, 0.3) is 0 Å². The molecule has 1 N–H and O–H groups in total. The highest BCUT2D eigenvalue weighted by Gasteiger charge is 2.33. The zero-order valence-electron chi connectivity index (χ0n) is 12.9. The third kappa shape index (κ3) is 3.23. The fourth-order valence-electron chi connectivity index (χ4n) is 3.27. The second kappa shape index (κ2) is 6.43. The van der Waals surface area contributed by atoms with E-state index in [2.05, 4.69) is 30.4 Å². The second-order valence-electron chi connectivity index (χ2n) is 6.24. The van der Waals surface area contributed by atoms with Gasteiger partial charge < -0.3 is 14.8 Å². The first-order chi connectivity index (χ1) is 9.57. The number of hydrogen-bond acceptors (Lipinski definition) is 3. The van der Waals surface area contributed by atoms with E-state index in [0.29, 0.717) is 5.54 Å². The number of hydrogen-bond donors (Lipinski definition) is 1. The van der Waals surface area contributed by atoms with Crippen molar-refractivity contribution in [2.75, 3.05) is 20.6 Å². The smallest absolute Gasteiger partial charge is 0.120 e. The Bertz CT molecular complexity index is 475. The largest absolute Gasteiger partial charge is 0.342 e. The van der Waals surface area contributed by atoms with Crippen molar-refractivity contribution in [1.82, 2.24) is 14.8 Å². The molecule has 0 spiro atoms. The van der Waals surface area contributed by atoms with E-state index in [9.17, 15) is 0 Å². The molecule has 0 unspecified atom stereocenters. The van der Waals surface area contributed by atoms with E-state index in [4.69, 9.17) is 5.26 Å². The van der Waals surface area contributed by atoms with Crippen LogP contribution >= 0.6 is 0 Å². The first-order valence-corrected chi connectivity index (χ1v) is 7.51. The Labute approximate surface area is 122 Å².